The molecular formula is C21H20N2O3S. The molecule has 0 unspecified atom stereocenters. The first-order valence-electron chi connectivity index (χ1n) is 8.63. The zero-order valence-electron chi connectivity index (χ0n) is 15.4. The summed E-state index contributed by atoms with van der Waals surface area (Å²) >= 11 is 0. The van der Waals surface area contributed by atoms with Crippen LogP contribution in [0.2, 0.25) is 0 Å². The largest absolute Gasteiger partial charge is 0.291 e. The van der Waals surface area contributed by atoms with Gasteiger partial charge in [-0.1, -0.05) is 43.7 Å². The molecule has 138 valence electrons. The summed E-state index contributed by atoms with van der Waals surface area (Å²) in [6, 6.07) is 15.4. The minimum atomic E-state index is -3.99. The Morgan fingerprint density at radius 1 is 1.11 bits per heavy atom. The summed E-state index contributed by atoms with van der Waals surface area (Å²) < 4.78 is 27.8. The number of aromatic nitrogens is 1. The van der Waals surface area contributed by atoms with Gasteiger partial charge in [-0.25, -0.2) is 12.4 Å². The van der Waals surface area contributed by atoms with Crippen LogP contribution in [0.1, 0.15) is 47.8 Å². The third-order valence-electron chi connectivity index (χ3n) is 4.54. The maximum atomic E-state index is 13.4. The van der Waals surface area contributed by atoms with Gasteiger partial charge in [-0.15, -0.1) is 0 Å². The standard InChI is InChI=1S/C21H20N2O3S/c1-14(2)16-6-7-17-13-20(21(24)10-11-22)23(19(17)12-16)27(25,26)18-8-4-15(3)5-9-18/h4-9,12-14H,10H2,1-3H3. The molecule has 0 spiro atoms. The fourth-order valence-electron chi connectivity index (χ4n) is 2.98. The fourth-order valence-corrected chi connectivity index (χ4v) is 4.51. The number of ketones is 1. The Labute approximate surface area is 158 Å². The number of hydrogen-bond acceptors (Lipinski definition) is 4. The normalized spacial score (nSPS) is 11.7. The lowest BCUT2D eigenvalue weighted by atomic mass is 10.0. The number of carbonyl (C=O) groups excluding carboxylic acids is 1. The smallest absolute Gasteiger partial charge is 0.268 e. The molecule has 2 aromatic carbocycles. The number of fused-ring (bicyclic) bond motifs is 1. The lowest BCUT2D eigenvalue weighted by molar-refractivity contribution is 0.0992. The molecule has 0 fully saturated rings. The number of carbonyl (C=O) groups is 1. The molecule has 3 rings (SSSR count). The molecule has 0 bridgehead atoms. The van der Waals surface area contributed by atoms with E-state index in [1.54, 1.807) is 24.3 Å². The number of nitriles is 1. The number of aryl methyl sites for hydroxylation is 1. The molecule has 6 heteroatoms. The van der Waals surface area contributed by atoms with Gasteiger partial charge in [0.1, 0.15) is 12.1 Å². The summed E-state index contributed by atoms with van der Waals surface area (Å²) in [6.45, 7) is 5.91. The molecular weight excluding hydrogens is 360 g/mol. The van der Waals surface area contributed by atoms with Gasteiger partial charge >= 0.3 is 0 Å². The summed E-state index contributed by atoms with van der Waals surface area (Å²) in [5, 5.41) is 9.55. The number of rotatable bonds is 5. The summed E-state index contributed by atoms with van der Waals surface area (Å²) in [5.41, 5.74) is 2.37. The van der Waals surface area contributed by atoms with Gasteiger partial charge in [-0.05, 0) is 42.7 Å². The molecule has 0 aliphatic heterocycles. The van der Waals surface area contributed by atoms with Crippen molar-refractivity contribution >= 4 is 26.7 Å². The minimum Gasteiger partial charge on any atom is -0.291 e. The Bertz CT molecular complexity index is 1160. The van der Waals surface area contributed by atoms with Gasteiger partial charge in [-0.2, -0.15) is 5.26 Å². The number of Topliss-reactive ketones (excluding diaryl/α,β-unsaturated/α-hetero) is 1. The van der Waals surface area contributed by atoms with Crippen molar-refractivity contribution in [3.63, 3.8) is 0 Å². The van der Waals surface area contributed by atoms with E-state index in [1.807, 2.05) is 39.0 Å². The van der Waals surface area contributed by atoms with Crippen LogP contribution in [0.4, 0.5) is 0 Å². The number of hydrogen-bond donors (Lipinski definition) is 0. The number of nitrogens with zero attached hydrogens (tertiary/aromatic N) is 2. The Morgan fingerprint density at radius 2 is 1.78 bits per heavy atom. The van der Waals surface area contributed by atoms with E-state index >= 15 is 0 Å². The van der Waals surface area contributed by atoms with Gasteiger partial charge in [0.2, 0.25) is 0 Å². The zero-order valence-corrected chi connectivity index (χ0v) is 16.2. The van der Waals surface area contributed by atoms with E-state index in [-0.39, 0.29) is 22.9 Å². The molecule has 0 aliphatic rings. The van der Waals surface area contributed by atoms with Crippen LogP contribution in [0.3, 0.4) is 0 Å². The van der Waals surface area contributed by atoms with Gasteiger partial charge < -0.3 is 0 Å². The van der Waals surface area contributed by atoms with Gasteiger partial charge in [-0.3, -0.25) is 4.79 Å². The van der Waals surface area contributed by atoms with Gasteiger partial charge in [0, 0.05) is 5.39 Å². The predicted molar refractivity (Wildman–Crippen MR) is 104 cm³/mol. The van der Waals surface area contributed by atoms with Crippen LogP contribution in [0.5, 0.6) is 0 Å². The molecule has 5 nitrogen and oxygen atoms in total. The van der Waals surface area contributed by atoms with Gasteiger partial charge in [0.15, 0.2) is 5.78 Å². The van der Waals surface area contributed by atoms with Crippen molar-refractivity contribution in [1.82, 2.24) is 3.97 Å². The quantitative estimate of drug-likeness (QED) is 0.614. The second-order valence-electron chi connectivity index (χ2n) is 6.84. The second-order valence-corrected chi connectivity index (χ2v) is 8.63. The molecule has 0 aliphatic carbocycles. The summed E-state index contributed by atoms with van der Waals surface area (Å²) in [7, 11) is -3.99. The van der Waals surface area contributed by atoms with Crippen molar-refractivity contribution in [3.05, 3.63) is 65.4 Å². The van der Waals surface area contributed by atoms with Crippen LogP contribution in [0.25, 0.3) is 10.9 Å². The molecule has 1 heterocycles. The Morgan fingerprint density at radius 3 is 2.37 bits per heavy atom. The van der Waals surface area contributed by atoms with Gasteiger partial charge in [0.25, 0.3) is 10.0 Å². The van der Waals surface area contributed by atoms with E-state index in [1.165, 1.54) is 12.1 Å². The van der Waals surface area contributed by atoms with Crippen molar-refractivity contribution in [2.75, 3.05) is 0 Å². The van der Waals surface area contributed by atoms with Crippen molar-refractivity contribution in [1.29, 1.82) is 5.26 Å². The van der Waals surface area contributed by atoms with Crippen LogP contribution in [0.15, 0.2) is 53.4 Å². The van der Waals surface area contributed by atoms with Crippen molar-refractivity contribution in [2.24, 2.45) is 0 Å². The highest BCUT2D eigenvalue weighted by Gasteiger charge is 2.26. The lowest BCUT2D eigenvalue weighted by Gasteiger charge is -2.12. The van der Waals surface area contributed by atoms with Crippen molar-refractivity contribution in [3.8, 4) is 6.07 Å². The molecule has 0 saturated heterocycles. The Hall–Kier alpha value is -2.91. The number of benzene rings is 2. The first kappa shape index (κ1) is 18.9. The molecule has 1 aromatic heterocycles. The van der Waals surface area contributed by atoms with E-state index < -0.39 is 15.8 Å². The Balaban J connectivity index is 2.35. The first-order chi connectivity index (χ1) is 12.8. The molecule has 27 heavy (non-hydrogen) atoms. The zero-order chi connectivity index (χ0) is 19.8. The maximum absolute atomic E-state index is 13.4. The molecule has 0 atom stereocenters. The van der Waals surface area contributed by atoms with E-state index in [4.69, 9.17) is 5.26 Å². The topological polar surface area (TPSA) is 79.9 Å². The van der Waals surface area contributed by atoms with Crippen LogP contribution in [-0.2, 0) is 10.0 Å². The Kier molecular flexibility index (Phi) is 4.90. The summed E-state index contributed by atoms with van der Waals surface area (Å²) in [6.07, 6.45) is -0.378. The molecule has 3 aromatic rings. The molecule has 0 N–H and O–H groups in total. The van der Waals surface area contributed by atoms with Crippen LogP contribution < -0.4 is 0 Å². The van der Waals surface area contributed by atoms with Crippen molar-refractivity contribution < 1.29 is 13.2 Å². The summed E-state index contributed by atoms with van der Waals surface area (Å²) in [5.74, 6) is -0.312. The van der Waals surface area contributed by atoms with E-state index in [0.29, 0.717) is 10.9 Å². The van der Waals surface area contributed by atoms with E-state index in [0.717, 1.165) is 15.1 Å². The first-order valence-corrected chi connectivity index (χ1v) is 10.1. The third-order valence-corrected chi connectivity index (χ3v) is 6.28. The fraction of sp³-hybridized carbons (Fsp3) is 0.238. The molecule has 0 amide bonds. The highest BCUT2D eigenvalue weighted by Crippen LogP contribution is 2.29. The monoisotopic (exact) mass is 380 g/mol. The minimum absolute atomic E-state index is 0.00744. The lowest BCUT2D eigenvalue weighted by Crippen LogP contribution is -2.18. The summed E-state index contributed by atoms with van der Waals surface area (Å²) in [4.78, 5) is 12.6. The highest BCUT2D eigenvalue weighted by molar-refractivity contribution is 7.90. The predicted octanol–water partition coefficient (Wildman–Crippen LogP) is 4.41. The second kappa shape index (κ2) is 7.01. The van der Waals surface area contributed by atoms with Crippen LogP contribution in [-0.4, -0.2) is 18.2 Å². The third kappa shape index (κ3) is 3.38. The van der Waals surface area contributed by atoms with E-state index in [2.05, 4.69) is 0 Å². The molecule has 0 saturated carbocycles. The van der Waals surface area contributed by atoms with Crippen molar-refractivity contribution in [2.45, 2.75) is 38.0 Å². The SMILES string of the molecule is Cc1ccc(S(=O)(=O)n2c(C(=O)CC#N)cc3ccc(C(C)C)cc32)cc1. The van der Waals surface area contributed by atoms with Crippen LogP contribution >= 0.6 is 0 Å². The molecule has 0 radical (unpaired) electrons. The maximum Gasteiger partial charge on any atom is 0.268 e. The van der Waals surface area contributed by atoms with Gasteiger partial charge in [0.05, 0.1) is 16.5 Å². The highest BCUT2D eigenvalue weighted by atomic mass is 32.2. The van der Waals surface area contributed by atoms with Crippen LogP contribution in [0, 0.1) is 18.3 Å². The average Bonchev–Trinajstić information content (AvgIpc) is 3.01. The average molecular weight is 380 g/mol. The van der Waals surface area contributed by atoms with E-state index in [9.17, 15) is 13.2 Å².